The summed E-state index contributed by atoms with van der Waals surface area (Å²) in [6.07, 6.45) is 6.93. The summed E-state index contributed by atoms with van der Waals surface area (Å²) in [6, 6.07) is 71.2. The van der Waals surface area contributed by atoms with Gasteiger partial charge in [0, 0.05) is 38.5 Å². The van der Waals surface area contributed by atoms with Crippen LogP contribution < -0.4 is 4.90 Å². The molecule has 9 aromatic carbocycles. The third-order valence-electron chi connectivity index (χ3n) is 14.1. The fourth-order valence-corrected chi connectivity index (χ4v) is 11.0. The summed E-state index contributed by atoms with van der Waals surface area (Å²) < 4.78 is 8.74. The largest absolute Gasteiger partial charge is 0.456 e. The summed E-state index contributed by atoms with van der Waals surface area (Å²) in [7, 11) is 0. The SMILES string of the molecule is CC1(C)C2=C(CCC=C2)c2ccc(N(c3ccc4ccccc4c3)c3ccccc3-c3ccc(-c4ccc5c(c4)c4ccccc4n5-c4cccc5oc6ccccc6c45)cc3)cc21. The number of furan rings is 1. The maximum atomic E-state index is 6.33. The van der Waals surface area contributed by atoms with Crippen LogP contribution in [0.15, 0.2) is 216 Å². The van der Waals surface area contributed by atoms with Gasteiger partial charge in [-0.1, -0.05) is 153 Å². The zero-order valence-electron chi connectivity index (χ0n) is 35.8. The van der Waals surface area contributed by atoms with E-state index in [1.54, 1.807) is 0 Å². The highest BCUT2D eigenvalue weighted by Crippen LogP contribution is 2.52. The van der Waals surface area contributed by atoms with Crippen LogP contribution in [-0.4, -0.2) is 4.57 Å². The molecular formula is C61H44N2O. The Kier molecular flexibility index (Phi) is 8.08. The number of rotatable bonds is 6. The normalized spacial score (nSPS) is 14.3. The van der Waals surface area contributed by atoms with Crippen LogP contribution in [0, 0.1) is 0 Å². The van der Waals surface area contributed by atoms with Gasteiger partial charge < -0.3 is 13.9 Å². The van der Waals surface area contributed by atoms with Crippen molar-refractivity contribution in [3.05, 3.63) is 223 Å². The topological polar surface area (TPSA) is 21.3 Å². The first-order valence-corrected chi connectivity index (χ1v) is 22.5. The monoisotopic (exact) mass is 820 g/mol. The summed E-state index contributed by atoms with van der Waals surface area (Å²) in [6.45, 7) is 4.78. The number of aromatic nitrogens is 1. The minimum atomic E-state index is -0.0668. The van der Waals surface area contributed by atoms with Gasteiger partial charge in [0.05, 0.1) is 27.8 Å². The Hall–Kier alpha value is -7.88. The van der Waals surface area contributed by atoms with Crippen molar-refractivity contribution in [3.63, 3.8) is 0 Å². The second-order valence-corrected chi connectivity index (χ2v) is 18.0. The van der Waals surface area contributed by atoms with Gasteiger partial charge in [0.25, 0.3) is 0 Å². The van der Waals surface area contributed by atoms with E-state index in [-0.39, 0.29) is 5.41 Å². The molecule has 2 aliphatic carbocycles. The minimum absolute atomic E-state index is 0.0668. The van der Waals surface area contributed by atoms with E-state index in [0.29, 0.717) is 0 Å². The zero-order valence-corrected chi connectivity index (χ0v) is 35.8. The summed E-state index contributed by atoms with van der Waals surface area (Å²) in [4.78, 5) is 2.47. The number of fused-ring (bicyclic) bond motifs is 9. The predicted molar refractivity (Wildman–Crippen MR) is 269 cm³/mol. The van der Waals surface area contributed by atoms with Gasteiger partial charge in [-0.2, -0.15) is 0 Å². The number of hydrogen-bond donors (Lipinski definition) is 0. The van der Waals surface area contributed by atoms with E-state index < -0.39 is 0 Å². The van der Waals surface area contributed by atoms with Crippen molar-refractivity contribution in [2.75, 3.05) is 4.90 Å². The highest BCUT2D eigenvalue weighted by Gasteiger charge is 2.37. The fraction of sp³-hybridized carbons (Fsp3) is 0.0820. The quantitative estimate of drug-likeness (QED) is 0.167. The van der Waals surface area contributed by atoms with Crippen LogP contribution >= 0.6 is 0 Å². The van der Waals surface area contributed by atoms with Gasteiger partial charge in [-0.05, 0) is 129 Å². The second kappa shape index (κ2) is 14.1. The summed E-state index contributed by atoms with van der Waals surface area (Å²) in [5, 5.41) is 7.17. The van der Waals surface area contributed by atoms with Crippen molar-refractivity contribution in [3.8, 4) is 27.9 Å². The Morgan fingerprint density at radius 3 is 2.12 bits per heavy atom. The molecular weight excluding hydrogens is 777 g/mol. The molecule has 3 nitrogen and oxygen atoms in total. The molecule has 64 heavy (non-hydrogen) atoms. The smallest absolute Gasteiger partial charge is 0.137 e. The molecule has 0 spiro atoms. The molecule has 0 fully saturated rings. The molecule has 2 heterocycles. The Morgan fingerprint density at radius 1 is 0.516 bits per heavy atom. The van der Waals surface area contributed by atoms with E-state index in [2.05, 4.69) is 224 Å². The first kappa shape index (κ1) is 36.7. The number of para-hydroxylation sites is 3. The summed E-state index contributed by atoms with van der Waals surface area (Å²) >= 11 is 0. The van der Waals surface area contributed by atoms with Gasteiger partial charge in [-0.3, -0.25) is 0 Å². The lowest BCUT2D eigenvalue weighted by atomic mass is 9.80. The molecule has 3 heteroatoms. The van der Waals surface area contributed by atoms with Crippen molar-refractivity contribution in [1.82, 2.24) is 4.57 Å². The minimum Gasteiger partial charge on any atom is -0.456 e. The zero-order chi connectivity index (χ0) is 42.5. The van der Waals surface area contributed by atoms with Gasteiger partial charge in [0.2, 0.25) is 0 Å². The lowest BCUT2D eigenvalue weighted by Crippen LogP contribution is -2.18. The van der Waals surface area contributed by atoms with E-state index in [0.717, 1.165) is 51.8 Å². The average Bonchev–Trinajstić information content (AvgIpc) is 3.97. The lowest BCUT2D eigenvalue weighted by Gasteiger charge is -2.30. The van der Waals surface area contributed by atoms with E-state index >= 15 is 0 Å². The predicted octanol–water partition coefficient (Wildman–Crippen LogP) is 17.0. The third kappa shape index (κ3) is 5.53. The highest BCUT2D eigenvalue weighted by atomic mass is 16.3. The van der Waals surface area contributed by atoms with E-state index in [9.17, 15) is 0 Å². The van der Waals surface area contributed by atoms with Gasteiger partial charge in [0.15, 0.2) is 0 Å². The summed E-state index contributed by atoms with van der Waals surface area (Å²) in [5.74, 6) is 0. The van der Waals surface area contributed by atoms with Crippen LogP contribution in [0.4, 0.5) is 17.1 Å². The molecule has 0 N–H and O–H groups in total. The second-order valence-electron chi connectivity index (χ2n) is 18.0. The molecule has 0 atom stereocenters. The molecule has 2 aliphatic rings. The first-order chi connectivity index (χ1) is 31.5. The van der Waals surface area contributed by atoms with E-state index in [1.165, 1.54) is 82.8 Å². The van der Waals surface area contributed by atoms with Gasteiger partial charge in [-0.15, -0.1) is 0 Å². The molecule has 0 unspecified atom stereocenters. The number of hydrogen-bond acceptors (Lipinski definition) is 2. The molecule has 0 amide bonds. The van der Waals surface area contributed by atoms with Gasteiger partial charge in [-0.25, -0.2) is 0 Å². The Balaban J connectivity index is 0.916. The molecule has 0 saturated carbocycles. The van der Waals surface area contributed by atoms with Gasteiger partial charge in [0.1, 0.15) is 11.2 Å². The maximum Gasteiger partial charge on any atom is 0.137 e. The Morgan fingerprint density at radius 2 is 1.22 bits per heavy atom. The first-order valence-electron chi connectivity index (χ1n) is 22.5. The standard InChI is InChI=1S/C61H44N2O/c1-61(2)52-20-9-5-17-47(52)48-34-33-45(38-53(48)61)62(44-32-30-39-14-3-4-15-42(39)36-44)54-21-10-6-16-46(54)41-28-26-40(27-29-41)43-31-35-56-51(37-43)49-18-7-11-22-55(49)63(56)57-23-13-25-59-60(57)50-19-8-12-24-58(50)64-59/h3-4,6-16,18-38H,5,17H2,1-2H3. The van der Waals surface area contributed by atoms with Crippen LogP contribution in [-0.2, 0) is 5.41 Å². The number of nitrogens with zero attached hydrogens (tertiary/aromatic N) is 2. The molecule has 0 bridgehead atoms. The third-order valence-corrected chi connectivity index (χ3v) is 14.1. The van der Waals surface area contributed by atoms with E-state index in [4.69, 9.17) is 4.42 Å². The van der Waals surface area contributed by atoms with Crippen molar-refractivity contribution >= 4 is 77.2 Å². The highest BCUT2D eigenvalue weighted by molar-refractivity contribution is 6.15. The van der Waals surface area contributed by atoms with Crippen LogP contribution in [0.3, 0.4) is 0 Å². The van der Waals surface area contributed by atoms with Crippen LogP contribution in [0.1, 0.15) is 37.8 Å². The number of benzene rings is 9. The van der Waals surface area contributed by atoms with Gasteiger partial charge >= 0.3 is 0 Å². The molecule has 2 aromatic heterocycles. The molecule has 0 aliphatic heterocycles. The Labute approximate surface area is 372 Å². The van der Waals surface area contributed by atoms with Crippen LogP contribution in [0.2, 0.25) is 0 Å². The van der Waals surface area contributed by atoms with Crippen molar-refractivity contribution in [2.45, 2.75) is 32.1 Å². The summed E-state index contributed by atoms with van der Waals surface area (Å²) in [5.41, 5.74) is 19.2. The fourth-order valence-electron chi connectivity index (χ4n) is 11.0. The van der Waals surface area contributed by atoms with Crippen molar-refractivity contribution in [1.29, 1.82) is 0 Å². The average molecular weight is 821 g/mol. The van der Waals surface area contributed by atoms with Crippen molar-refractivity contribution < 1.29 is 4.42 Å². The number of allylic oxidation sites excluding steroid dienone is 4. The van der Waals surface area contributed by atoms with E-state index in [1.807, 2.05) is 6.07 Å². The van der Waals surface area contributed by atoms with Crippen molar-refractivity contribution in [2.24, 2.45) is 0 Å². The maximum absolute atomic E-state index is 6.33. The molecule has 11 aromatic rings. The number of anilines is 3. The molecule has 0 radical (unpaired) electrons. The van der Waals surface area contributed by atoms with Crippen LogP contribution in [0.25, 0.3) is 88.0 Å². The molecule has 0 saturated heterocycles. The van der Waals surface area contributed by atoms with Crippen LogP contribution in [0.5, 0.6) is 0 Å². The molecule has 13 rings (SSSR count). The molecule has 304 valence electrons. The lowest BCUT2D eigenvalue weighted by molar-refractivity contribution is 0.651. The Bertz CT molecular complexity index is 3760.